The number of hydrogen-bond acceptors (Lipinski definition) is 2. The van der Waals surface area contributed by atoms with E-state index < -0.39 is 0 Å². The summed E-state index contributed by atoms with van der Waals surface area (Å²) in [5.74, 6) is 0.634. The molecule has 0 bridgehead atoms. The number of H-pyrrole nitrogens is 1. The standard InChI is InChI=1S/C13H13FN2S/c1-2-3-12-15-11(8-13(17)16-12)9-4-6-10(14)7-5-9/h4-8H,2-3H2,1H3,(H,15,16,17). The maximum atomic E-state index is 12.8. The van der Waals surface area contributed by atoms with Crippen LogP contribution in [0.25, 0.3) is 11.3 Å². The number of nitrogens with zero attached hydrogens (tertiary/aromatic N) is 1. The van der Waals surface area contributed by atoms with Crippen molar-refractivity contribution in [1.29, 1.82) is 0 Å². The second-order valence-corrected chi connectivity index (χ2v) is 4.25. The van der Waals surface area contributed by atoms with E-state index in [2.05, 4.69) is 16.9 Å². The van der Waals surface area contributed by atoms with Crippen LogP contribution in [-0.4, -0.2) is 9.97 Å². The van der Waals surface area contributed by atoms with Gasteiger partial charge in [0.15, 0.2) is 0 Å². The maximum absolute atomic E-state index is 12.8. The van der Waals surface area contributed by atoms with Crippen LogP contribution >= 0.6 is 12.2 Å². The molecule has 2 rings (SSSR count). The van der Waals surface area contributed by atoms with Crippen molar-refractivity contribution in [3.05, 3.63) is 46.6 Å². The summed E-state index contributed by atoms with van der Waals surface area (Å²) in [6, 6.07) is 8.12. The normalized spacial score (nSPS) is 10.5. The van der Waals surface area contributed by atoms with Crippen LogP contribution in [0.1, 0.15) is 19.2 Å². The predicted octanol–water partition coefficient (Wildman–Crippen LogP) is 3.90. The van der Waals surface area contributed by atoms with Crippen molar-refractivity contribution in [2.45, 2.75) is 19.8 Å². The van der Waals surface area contributed by atoms with Gasteiger partial charge < -0.3 is 4.98 Å². The van der Waals surface area contributed by atoms with Crippen LogP contribution in [-0.2, 0) is 6.42 Å². The van der Waals surface area contributed by atoms with Gasteiger partial charge in [-0.1, -0.05) is 19.1 Å². The zero-order valence-corrected chi connectivity index (χ0v) is 10.4. The van der Waals surface area contributed by atoms with Crippen molar-refractivity contribution in [2.75, 3.05) is 0 Å². The third-order valence-corrected chi connectivity index (χ3v) is 2.64. The van der Waals surface area contributed by atoms with Gasteiger partial charge >= 0.3 is 0 Å². The van der Waals surface area contributed by atoms with Crippen molar-refractivity contribution in [1.82, 2.24) is 9.97 Å². The maximum Gasteiger partial charge on any atom is 0.130 e. The molecule has 0 amide bonds. The first kappa shape index (κ1) is 11.9. The van der Waals surface area contributed by atoms with Crippen LogP contribution in [0.15, 0.2) is 30.3 Å². The molecule has 0 radical (unpaired) electrons. The number of aromatic amines is 1. The van der Waals surface area contributed by atoms with Gasteiger partial charge in [-0.3, -0.25) is 0 Å². The predicted molar refractivity (Wildman–Crippen MR) is 68.8 cm³/mol. The Hall–Kier alpha value is -1.55. The van der Waals surface area contributed by atoms with E-state index in [4.69, 9.17) is 12.2 Å². The molecule has 0 atom stereocenters. The molecule has 88 valence electrons. The minimum Gasteiger partial charge on any atom is -0.343 e. The Balaban J connectivity index is 2.44. The third-order valence-electron chi connectivity index (χ3n) is 2.43. The SMILES string of the molecule is CCCc1nc(=S)cc(-c2ccc(F)cc2)[nH]1. The molecule has 0 spiro atoms. The highest BCUT2D eigenvalue weighted by atomic mass is 32.1. The van der Waals surface area contributed by atoms with Crippen LogP contribution in [0, 0.1) is 10.5 Å². The average molecular weight is 248 g/mol. The third kappa shape index (κ3) is 2.97. The van der Waals surface area contributed by atoms with Gasteiger partial charge in [0.25, 0.3) is 0 Å². The molecule has 0 aliphatic carbocycles. The molecule has 4 heteroatoms. The van der Waals surface area contributed by atoms with E-state index in [1.807, 2.05) is 0 Å². The van der Waals surface area contributed by atoms with Gasteiger partial charge in [-0.15, -0.1) is 0 Å². The molecule has 2 nitrogen and oxygen atoms in total. The number of aromatic nitrogens is 2. The van der Waals surface area contributed by atoms with E-state index in [0.717, 1.165) is 29.9 Å². The van der Waals surface area contributed by atoms with E-state index in [1.165, 1.54) is 12.1 Å². The molecular weight excluding hydrogens is 235 g/mol. The van der Waals surface area contributed by atoms with Gasteiger partial charge in [-0.2, -0.15) is 0 Å². The zero-order chi connectivity index (χ0) is 12.3. The fourth-order valence-corrected chi connectivity index (χ4v) is 1.88. The van der Waals surface area contributed by atoms with Crippen LogP contribution in [0.2, 0.25) is 0 Å². The highest BCUT2D eigenvalue weighted by molar-refractivity contribution is 7.71. The molecule has 0 fully saturated rings. The number of aryl methyl sites for hydroxylation is 1. The first-order valence-electron chi connectivity index (χ1n) is 5.55. The second-order valence-electron chi connectivity index (χ2n) is 3.84. The summed E-state index contributed by atoms with van der Waals surface area (Å²) >= 11 is 5.12. The van der Waals surface area contributed by atoms with Gasteiger partial charge in [-0.05, 0) is 42.3 Å². The summed E-state index contributed by atoms with van der Waals surface area (Å²) in [7, 11) is 0. The van der Waals surface area contributed by atoms with E-state index in [9.17, 15) is 4.39 Å². The Morgan fingerprint density at radius 3 is 2.65 bits per heavy atom. The lowest BCUT2D eigenvalue weighted by atomic mass is 10.1. The van der Waals surface area contributed by atoms with Crippen molar-refractivity contribution in [3.63, 3.8) is 0 Å². The number of halogens is 1. The van der Waals surface area contributed by atoms with Crippen LogP contribution in [0.3, 0.4) is 0 Å². The van der Waals surface area contributed by atoms with Gasteiger partial charge in [0.05, 0.1) is 0 Å². The summed E-state index contributed by atoms with van der Waals surface area (Å²) in [5.41, 5.74) is 1.80. The van der Waals surface area contributed by atoms with Crippen molar-refractivity contribution in [2.24, 2.45) is 0 Å². The molecule has 1 aromatic heterocycles. The van der Waals surface area contributed by atoms with Crippen molar-refractivity contribution >= 4 is 12.2 Å². The summed E-state index contributed by atoms with van der Waals surface area (Å²) < 4.78 is 13.4. The molecule has 1 aromatic carbocycles. The Morgan fingerprint density at radius 1 is 1.29 bits per heavy atom. The molecule has 1 N–H and O–H groups in total. The Bertz CT molecular complexity index is 560. The molecule has 0 saturated carbocycles. The largest absolute Gasteiger partial charge is 0.343 e. The van der Waals surface area contributed by atoms with E-state index >= 15 is 0 Å². The number of nitrogens with one attached hydrogen (secondary N) is 1. The number of benzene rings is 1. The topological polar surface area (TPSA) is 28.7 Å². The fourth-order valence-electron chi connectivity index (χ4n) is 1.65. The first-order valence-corrected chi connectivity index (χ1v) is 5.96. The molecule has 0 unspecified atom stereocenters. The van der Waals surface area contributed by atoms with Crippen LogP contribution < -0.4 is 0 Å². The molecular formula is C13H13FN2S. The molecule has 0 saturated heterocycles. The molecule has 2 aromatic rings. The van der Waals surface area contributed by atoms with Gasteiger partial charge in [0.2, 0.25) is 0 Å². The van der Waals surface area contributed by atoms with E-state index in [0.29, 0.717) is 4.64 Å². The number of hydrogen-bond donors (Lipinski definition) is 1. The summed E-state index contributed by atoms with van der Waals surface area (Å²) in [6.45, 7) is 2.09. The van der Waals surface area contributed by atoms with E-state index in [-0.39, 0.29) is 5.82 Å². The lowest BCUT2D eigenvalue weighted by Crippen LogP contribution is -1.96. The Morgan fingerprint density at radius 2 is 2.00 bits per heavy atom. The monoisotopic (exact) mass is 248 g/mol. The minimum absolute atomic E-state index is 0.241. The lowest BCUT2D eigenvalue weighted by Gasteiger charge is -2.05. The van der Waals surface area contributed by atoms with Gasteiger partial charge in [0, 0.05) is 12.1 Å². The minimum atomic E-state index is -0.241. The zero-order valence-electron chi connectivity index (χ0n) is 9.53. The smallest absolute Gasteiger partial charge is 0.130 e. The molecule has 1 heterocycles. The molecule has 17 heavy (non-hydrogen) atoms. The lowest BCUT2D eigenvalue weighted by molar-refractivity contribution is 0.628. The average Bonchev–Trinajstić information content (AvgIpc) is 2.29. The summed E-state index contributed by atoms with van der Waals surface area (Å²) in [4.78, 5) is 7.47. The van der Waals surface area contributed by atoms with Crippen LogP contribution in [0.5, 0.6) is 0 Å². The van der Waals surface area contributed by atoms with Gasteiger partial charge in [0.1, 0.15) is 16.3 Å². The van der Waals surface area contributed by atoms with Gasteiger partial charge in [-0.25, -0.2) is 9.37 Å². The van der Waals surface area contributed by atoms with E-state index in [1.54, 1.807) is 18.2 Å². The highest BCUT2D eigenvalue weighted by Gasteiger charge is 2.01. The highest BCUT2D eigenvalue weighted by Crippen LogP contribution is 2.17. The summed E-state index contributed by atoms with van der Waals surface area (Å²) in [5, 5.41) is 0. The molecule has 0 aliphatic rings. The van der Waals surface area contributed by atoms with Crippen molar-refractivity contribution < 1.29 is 4.39 Å². The van der Waals surface area contributed by atoms with Crippen molar-refractivity contribution in [3.8, 4) is 11.3 Å². The fraction of sp³-hybridized carbons (Fsp3) is 0.231. The second kappa shape index (κ2) is 5.19. The Labute approximate surface area is 105 Å². The molecule has 0 aliphatic heterocycles. The quantitative estimate of drug-likeness (QED) is 0.835. The van der Waals surface area contributed by atoms with Crippen LogP contribution in [0.4, 0.5) is 4.39 Å². The summed E-state index contributed by atoms with van der Waals surface area (Å²) in [6.07, 6.45) is 1.86. The Kier molecular flexibility index (Phi) is 3.64. The number of rotatable bonds is 3. The first-order chi connectivity index (χ1) is 8.19.